The van der Waals surface area contributed by atoms with E-state index in [-0.39, 0.29) is 12.6 Å². The van der Waals surface area contributed by atoms with Gasteiger partial charge in [0.25, 0.3) is 0 Å². The Morgan fingerprint density at radius 1 is 1.30 bits per heavy atom. The fourth-order valence-corrected chi connectivity index (χ4v) is 5.44. The van der Waals surface area contributed by atoms with Crippen LogP contribution in [0.4, 0.5) is 0 Å². The minimum atomic E-state index is -3.49. The van der Waals surface area contributed by atoms with E-state index in [9.17, 15) is 8.42 Å². The van der Waals surface area contributed by atoms with E-state index in [0.717, 1.165) is 16.0 Å². The molecular weight excluding hydrogens is 332 g/mol. The number of sulfonamides is 1. The Morgan fingerprint density at radius 2 is 2.04 bits per heavy atom. The highest BCUT2D eigenvalue weighted by Crippen LogP contribution is 2.37. The van der Waals surface area contributed by atoms with Crippen molar-refractivity contribution in [2.45, 2.75) is 24.8 Å². The predicted molar refractivity (Wildman–Crippen MR) is 91.5 cm³/mol. The van der Waals surface area contributed by atoms with Gasteiger partial charge in [-0.25, -0.2) is 13.1 Å². The standard InChI is InChI=1S/C16H20N2O3S2/c1-12-8-9-22-16(12)15-14(11-21-18(15)2)23(19,20)17-10-13-6-4-3-5-7-13/h3-9,14-15,17H,10-11H2,1-2H3. The van der Waals surface area contributed by atoms with Crippen molar-refractivity contribution in [3.8, 4) is 0 Å². The fraction of sp³-hybridized carbons (Fsp3) is 0.375. The molecule has 1 aliphatic heterocycles. The van der Waals surface area contributed by atoms with Crippen LogP contribution >= 0.6 is 11.3 Å². The van der Waals surface area contributed by atoms with Crippen LogP contribution in [0.1, 0.15) is 22.0 Å². The van der Waals surface area contributed by atoms with E-state index in [2.05, 4.69) is 4.72 Å². The van der Waals surface area contributed by atoms with Gasteiger partial charge in [0, 0.05) is 18.5 Å². The molecule has 1 aromatic carbocycles. The highest BCUT2D eigenvalue weighted by Gasteiger charge is 2.44. The first-order chi connectivity index (χ1) is 11.0. The summed E-state index contributed by atoms with van der Waals surface area (Å²) in [5.41, 5.74) is 2.04. The van der Waals surface area contributed by atoms with Gasteiger partial charge in [0.2, 0.25) is 10.0 Å². The van der Waals surface area contributed by atoms with Crippen molar-refractivity contribution < 1.29 is 13.3 Å². The second kappa shape index (κ2) is 6.70. The van der Waals surface area contributed by atoms with Gasteiger partial charge in [-0.3, -0.25) is 4.84 Å². The smallest absolute Gasteiger partial charge is 0.219 e. The molecule has 1 saturated heterocycles. The molecule has 1 aromatic heterocycles. The van der Waals surface area contributed by atoms with Gasteiger partial charge in [0.05, 0.1) is 12.6 Å². The summed E-state index contributed by atoms with van der Waals surface area (Å²) in [5, 5.41) is 3.02. The van der Waals surface area contributed by atoms with E-state index in [1.165, 1.54) is 0 Å². The second-order valence-corrected chi connectivity index (χ2v) is 8.58. The summed E-state index contributed by atoms with van der Waals surface area (Å²) in [6, 6.07) is 11.2. The number of nitrogens with one attached hydrogen (secondary N) is 1. The van der Waals surface area contributed by atoms with E-state index < -0.39 is 15.3 Å². The molecule has 1 fully saturated rings. The van der Waals surface area contributed by atoms with Crippen molar-refractivity contribution in [2.24, 2.45) is 0 Å². The normalized spacial score (nSPS) is 22.5. The molecule has 0 radical (unpaired) electrons. The van der Waals surface area contributed by atoms with Crippen LogP contribution in [0.2, 0.25) is 0 Å². The molecule has 0 saturated carbocycles. The highest BCUT2D eigenvalue weighted by atomic mass is 32.2. The van der Waals surface area contributed by atoms with Crippen molar-refractivity contribution in [3.63, 3.8) is 0 Å². The largest absolute Gasteiger partial charge is 0.297 e. The first-order valence-electron chi connectivity index (χ1n) is 7.41. The van der Waals surface area contributed by atoms with Crippen molar-refractivity contribution >= 4 is 21.4 Å². The second-order valence-electron chi connectivity index (χ2n) is 5.64. The van der Waals surface area contributed by atoms with Gasteiger partial charge < -0.3 is 0 Å². The van der Waals surface area contributed by atoms with Crippen molar-refractivity contribution in [3.05, 3.63) is 57.8 Å². The average Bonchev–Trinajstić information content (AvgIpc) is 3.12. The number of hydroxylamine groups is 2. The summed E-state index contributed by atoms with van der Waals surface area (Å²) in [6.45, 7) is 2.46. The molecule has 2 aromatic rings. The molecule has 124 valence electrons. The Morgan fingerprint density at radius 3 is 2.70 bits per heavy atom. The van der Waals surface area contributed by atoms with Gasteiger partial charge in [-0.1, -0.05) is 30.3 Å². The monoisotopic (exact) mass is 352 g/mol. The van der Waals surface area contributed by atoms with Crippen LogP contribution in [-0.4, -0.2) is 32.4 Å². The molecule has 2 heterocycles. The summed E-state index contributed by atoms with van der Waals surface area (Å²) < 4.78 is 28.2. The highest BCUT2D eigenvalue weighted by molar-refractivity contribution is 7.90. The lowest BCUT2D eigenvalue weighted by Crippen LogP contribution is -2.38. The third-order valence-electron chi connectivity index (χ3n) is 4.08. The summed E-state index contributed by atoms with van der Waals surface area (Å²) in [4.78, 5) is 6.56. The molecule has 1 aliphatic rings. The molecule has 0 amide bonds. The Bertz CT molecular complexity index is 759. The van der Waals surface area contributed by atoms with Crippen LogP contribution in [-0.2, 0) is 21.4 Å². The summed E-state index contributed by atoms with van der Waals surface area (Å²) in [6.07, 6.45) is 0. The number of benzene rings is 1. The zero-order valence-electron chi connectivity index (χ0n) is 13.1. The number of aryl methyl sites for hydroxylation is 1. The number of hydrogen-bond donors (Lipinski definition) is 1. The molecule has 2 atom stereocenters. The minimum absolute atomic E-state index is 0.169. The lowest BCUT2D eigenvalue weighted by Gasteiger charge is -2.22. The van der Waals surface area contributed by atoms with E-state index in [4.69, 9.17) is 4.84 Å². The number of rotatable bonds is 5. The van der Waals surface area contributed by atoms with Crippen LogP contribution in [0.25, 0.3) is 0 Å². The molecule has 3 rings (SSSR count). The van der Waals surface area contributed by atoms with Crippen molar-refractivity contribution in [1.82, 2.24) is 9.79 Å². The van der Waals surface area contributed by atoms with Gasteiger partial charge in [0.15, 0.2) is 0 Å². The predicted octanol–water partition coefficient (Wildman–Crippen LogP) is 2.46. The molecular formula is C16H20N2O3S2. The Kier molecular flexibility index (Phi) is 4.84. The third-order valence-corrected chi connectivity index (χ3v) is 6.90. The summed E-state index contributed by atoms with van der Waals surface area (Å²) in [5.74, 6) is 0. The molecule has 5 nitrogen and oxygen atoms in total. The number of nitrogens with zero attached hydrogens (tertiary/aromatic N) is 1. The Balaban J connectivity index is 1.79. The Hall–Kier alpha value is -1.25. The van der Waals surface area contributed by atoms with Crippen LogP contribution in [0.15, 0.2) is 41.8 Å². The first kappa shape index (κ1) is 16.6. The lowest BCUT2D eigenvalue weighted by molar-refractivity contribution is -0.110. The summed E-state index contributed by atoms with van der Waals surface area (Å²) >= 11 is 1.57. The van der Waals surface area contributed by atoms with E-state index in [1.54, 1.807) is 23.4 Å². The topological polar surface area (TPSA) is 58.6 Å². The maximum absolute atomic E-state index is 12.8. The van der Waals surface area contributed by atoms with Crippen LogP contribution in [0.5, 0.6) is 0 Å². The zero-order chi connectivity index (χ0) is 16.4. The van der Waals surface area contributed by atoms with Gasteiger partial charge in [-0.15, -0.1) is 11.3 Å². The van der Waals surface area contributed by atoms with Crippen LogP contribution < -0.4 is 4.72 Å². The van der Waals surface area contributed by atoms with Gasteiger partial charge in [-0.2, -0.15) is 5.06 Å². The third kappa shape index (κ3) is 3.49. The maximum atomic E-state index is 12.8. The minimum Gasteiger partial charge on any atom is -0.297 e. The first-order valence-corrected chi connectivity index (χ1v) is 9.84. The molecule has 1 N–H and O–H groups in total. The van der Waals surface area contributed by atoms with E-state index in [1.807, 2.05) is 48.7 Å². The average molecular weight is 352 g/mol. The number of hydrogen-bond acceptors (Lipinski definition) is 5. The van der Waals surface area contributed by atoms with Crippen LogP contribution in [0.3, 0.4) is 0 Å². The quantitative estimate of drug-likeness (QED) is 0.898. The van der Waals surface area contributed by atoms with Gasteiger partial charge in [-0.05, 0) is 29.5 Å². The molecule has 2 unspecified atom stereocenters. The summed E-state index contributed by atoms with van der Waals surface area (Å²) in [7, 11) is -1.70. The SMILES string of the molecule is Cc1ccsc1C1C(S(=O)(=O)NCc2ccccc2)CON1C. The molecule has 7 heteroatoms. The zero-order valence-corrected chi connectivity index (χ0v) is 14.7. The lowest BCUT2D eigenvalue weighted by atomic mass is 10.1. The van der Waals surface area contributed by atoms with Crippen molar-refractivity contribution in [2.75, 3.05) is 13.7 Å². The molecule has 23 heavy (non-hydrogen) atoms. The van der Waals surface area contributed by atoms with E-state index >= 15 is 0 Å². The van der Waals surface area contributed by atoms with Gasteiger partial charge in [0.1, 0.15) is 5.25 Å². The fourth-order valence-electron chi connectivity index (χ4n) is 2.76. The molecule has 0 bridgehead atoms. The van der Waals surface area contributed by atoms with Crippen LogP contribution in [0, 0.1) is 6.92 Å². The molecule has 0 aliphatic carbocycles. The van der Waals surface area contributed by atoms with E-state index in [0.29, 0.717) is 6.54 Å². The van der Waals surface area contributed by atoms with Gasteiger partial charge >= 0.3 is 0 Å². The number of thiophene rings is 1. The maximum Gasteiger partial charge on any atom is 0.219 e. The Labute approximate surface area is 140 Å². The van der Waals surface area contributed by atoms with Crippen molar-refractivity contribution in [1.29, 1.82) is 0 Å². The molecule has 0 spiro atoms.